The SMILES string of the molecule is Cc1cc(C(C2CCC3(CC2)CC3(F)F)N(C)C(=O)N2CCNC(=O)C2C)ccc1F. The molecule has 2 unspecified atom stereocenters. The molecule has 1 spiro atoms. The highest BCUT2D eigenvalue weighted by Gasteiger charge is 2.70. The zero-order chi connectivity index (χ0) is 22.6. The van der Waals surface area contributed by atoms with E-state index in [0.717, 1.165) is 5.56 Å². The lowest BCUT2D eigenvalue weighted by Gasteiger charge is -2.42. The first kappa shape index (κ1) is 22.0. The Hall–Kier alpha value is -2.25. The second kappa shape index (κ2) is 7.71. The van der Waals surface area contributed by atoms with E-state index in [1.54, 1.807) is 42.8 Å². The highest BCUT2D eigenvalue weighted by Crippen LogP contribution is 2.68. The summed E-state index contributed by atoms with van der Waals surface area (Å²) in [6.07, 6.45) is 2.01. The molecule has 2 atom stereocenters. The highest BCUT2D eigenvalue weighted by atomic mass is 19.3. The number of alkyl halides is 2. The predicted octanol–water partition coefficient (Wildman–Crippen LogP) is 4.26. The van der Waals surface area contributed by atoms with Gasteiger partial charge in [0.25, 0.3) is 5.92 Å². The van der Waals surface area contributed by atoms with Gasteiger partial charge in [-0.2, -0.15) is 0 Å². The van der Waals surface area contributed by atoms with Gasteiger partial charge in [-0.25, -0.2) is 18.0 Å². The van der Waals surface area contributed by atoms with Crippen molar-refractivity contribution < 1.29 is 22.8 Å². The summed E-state index contributed by atoms with van der Waals surface area (Å²) >= 11 is 0. The van der Waals surface area contributed by atoms with E-state index in [4.69, 9.17) is 0 Å². The Kier molecular flexibility index (Phi) is 5.46. The fourth-order valence-corrected chi connectivity index (χ4v) is 5.46. The molecular formula is C23H30F3N3O2. The van der Waals surface area contributed by atoms with Gasteiger partial charge < -0.3 is 15.1 Å². The first-order chi connectivity index (χ1) is 14.6. The number of aryl methyl sites for hydroxylation is 1. The third-order valence-corrected chi connectivity index (χ3v) is 7.63. The fourth-order valence-electron chi connectivity index (χ4n) is 5.46. The molecule has 3 fully saturated rings. The number of benzene rings is 1. The molecule has 2 aliphatic carbocycles. The molecule has 3 aliphatic rings. The normalized spacial score (nSPS) is 30.6. The maximum Gasteiger partial charge on any atom is 0.321 e. The maximum absolute atomic E-state index is 13.9. The Balaban J connectivity index is 1.60. The molecular weight excluding hydrogens is 407 g/mol. The Morgan fingerprint density at radius 2 is 1.94 bits per heavy atom. The van der Waals surface area contributed by atoms with Crippen LogP contribution < -0.4 is 5.32 Å². The Labute approximate surface area is 181 Å². The van der Waals surface area contributed by atoms with Crippen molar-refractivity contribution in [3.63, 3.8) is 0 Å². The zero-order valence-electron chi connectivity index (χ0n) is 18.3. The number of carbonyl (C=O) groups excluding carboxylic acids is 2. The molecule has 1 aromatic carbocycles. The van der Waals surface area contributed by atoms with Crippen molar-refractivity contribution in [2.45, 2.75) is 64.0 Å². The number of carbonyl (C=O) groups is 2. The van der Waals surface area contributed by atoms with Crippen LogP contribution in [0, 0.1) is 24.1 Å². The van der Waals surface area contributed by atoms with Gasteiger partial charge in [0.05, 0.1) is 6.04 Å². The molecule has 0 radical (unpaired) electrons. The van der Waals surface area contributed by atoms with Crippen molar-refractivity contribution in [3.05, 3.63) is 35.1 Å². The summed E-state index contributed by atoms with van der Waals surface area (Å²) in [5.41, 5.74) is 0.414. The van der Waals surface area contributed by atoms with Gasteiger partial charge in [0, 0.05) is 32.0 Å². The summed E-state index contributed by atoms with van der Waals surface area (Å²) in [7, 11) is 1.70. The van der Waals surface area contributed by atoms with E-state index in [2.05, 4.69) is 5.32 Å². The van der Waals surface area contributed by atoms with Crippen LogP contribution in [0.25, 0.3) is 0 Å². The fraction of sp³-hybridized carbons (Fsp3) is 0.652. The van der Waals surface area contributed by atoms with E-state index in [1.807, 2.05) is 0 Å². The number of hydrogen-bond donors (Lipinski definition) is 1. The van der Waals surface area contributed by atoms with Crippen LogP contribution in [0.15, 0.2) is 18.2 Å². The summed E-state index contributed by atoms with van der Waals surface area (Å²) in [6, 6.07) is 3.59. The standard InChI is InChI=1S/C23H30F3N3O2/c1-14-12-17(4-5-18(14)24)19(16-6-8-22(9-7-16)13-23(22,25)26)28(3)21(31)29-11-10-27-20(30)15(29)2/h4-5,12,15-16,19H,6-11,13H2,1-3H3,(H,27,30). The van der Waals surface area contributed by atoms with Gasteiger partial charge in [-0.3, -0.25) is 4.79 Å². The van der Waals surface area contributed by atoms with Crippen LogP contribution in [-0.4, -0.2) is 53.8 Å². The molecule has 2 saturated carbocycles. The van der Waals surface area contributed by atoms with Crippen molar-refractivity contribution in [1.82, 2.24) is 15.1 Å². The molecule has 0 bridgehead atoms. The highest BCUT2D eigenvalue weighted by molar-refractivity contribution is 5.88. The summed E-state index contributed by atoms with van der Waals surface area (Å²) < 4.78 is 41.7. The zero-order valence-corrected chi connectivity index (χ0v) is 18.3. The second-order valence-electron chi connectivity index (χ2n) is 9.51. The lowest BCUT2D eigenvalue weighted by molar-refractivity contribution is -0.127. The van der Waals surface area contributed by atoms with Gasteiger partial charge in [-0.15, -0.1) is 0 Å². The first-order valence-electron chi connectivity index (χ1n) is 11.0. The van der Waals surface area contributed by atoms with Gasteiger partial charge in [0.2, 0.25) is 5.91 Å². The van der Waals surface area contributed by atoms with Crippen LogP contribution in [0.3, 0.4) is 0 Å². The Morgan fingerprint density at radius 3 is 2.52 bits per heavy atom. The molecule has 1 saturated heterocycles. The molecule has 31 heavy (non-hydrogen) atoms. The number of nitrogens with one attached hydrogen (secondary N) is 1. The molecule has 170 valence electrons. The number of piperazine rings is 1. The number of amides is 3. The minimum Gasteiger partial charge on any atom is -0.353 e. The average molecular weight is 438 g/mol. The summed E-state index contributed by atoms with van der Waals surface area (Å²) in [4.78, 5) is 28.6. The molecule has 1 N–H and O–H groups in total. The van der Waals surface area contributed by atoms with Gasteiger partial charge in [-0.05, 0) is 62.6 Å². The third-order valence-electron chi connectivity index (χ3n) is 7.63. The van der Waals surface area contributed by atoms with Gasteiger partial charge in [0.15, 0.2) is 0 Å². The number of hydrogen-bond acceptors (Lipinski definition) is 2. The molecule has 1 aromatic rings. The largest absolute Gasteiger partial charge is 0.353 e. The molecule has 5 nitrogen and oxygen atoms in total. The van der Waals surface area contributed by atoms with Crippen LogP contribution in [0.4, 0.5) is 18.0 Å². The van der Waals surface area contributed by atoms with Crippen molar-refractivity contribution in [2.24, 2.45) is 11.3 Å². The lowest BCUT2D eigenvalue weighted by atomic mass is 9.74. The predicted molar refractivity (Wildman–Crippen MR) is 110 cm³/mol. The summed E-state index contributed by atoms with van der Waals surface area (Å²) in [6.45, 7) is 4.17. The van der Waals surface area contributed by atoms with E-state index >= 15 is 0 Å². The molecule has 1 heterocycles. The van der Waals surface area contributed by atoms with Crippen molar-refractivity contribution in [1.29, 1.82) is 0 Å². The van der Waals surface area contributed by atoms with Crippen molar-refractivity contribution >= 4 is 11.9 Å². The smallest absolute Gasteiger partial charge is 0.321 e. The molecule has 8 heteroatoms. The summed E-state index contributed by atoms with van der Waals surface area (Å²) in [5, 5.41) is 2.75. The quantitative estimate of drug-likeness (QED) is 0.768. The van der Waals surface area contributed by atoms with Crippen molar-refractivity contribution in [2.75, 3.05) is 20.1 Å². The Morgan fingerprint density at radius 1 is 1.29 bits per heavy atom. The van der Waals surface area contributed by atoms with E-state index in [9.17, 15) is 22.8 Å². The monoisotopic (exact) mass is 437 g/mol. The van der Waals surface area contributed by atoms with Gasteiger partial charge in [0.1, 0.15) is 11.9 Å². The Bertz CT molecular complexity index is 883. The average Bonchev–Trinajstić information content (AvgIpc) is 3.26. The number of nitrogens with zero attached hydrogens (tertiary/aromatic N) is 2. The minimum absolute atomic E-state index is 0.00485. The van der Waals surface area contributed by atoms with E-state index in [-0.39, 0.29) is 36.1 Å². The maximum atomic E-state index is 13.9. The van der Waals surface area contributed by atoms with Gasteiger partial charge in [-0.1, -0.05) is 12.1 Å². The molecule has 3 amide bonds. The van der Waals surface area contributed by atoms with Crippen molar-refractivity contribution in [3.8, 4) is 0 Å². The second-order valence-corrected chi connectivity index (χ2v) is 9.51. The van der Waals surface area contributed by atoms with Gasteiger partial charge >= 0.3 is 6.03 Å². The minimum atomic E-state index is -2.57. The number of halogens is 3. The van der Waals surface area contributed by atoms with E-state index in [1.165, 1.54) is 6.07 Å². The number of rotatable bonds is 3. The van der Waals surface area contributed by atoms with E-state index < -0.39 is 17.4 Å². The molecule has 4 rings (SSSR count). The third kappa shape index (κ3) is 3.78. The van der Waals surface area contributed by atoms with Crippen LogP contribution >= 0.6 is 0 Å². The number of urea groups is 1. The van der Waals surface area contributed by atoms with Crippen LogP contribution in [0.1, 0.15) is 56.2 Å². The molecule has 0 aromatic heterocycles. The first-order valence-corrected chi connectivity index (χ1v) is 11.0. The van der Waals surface area contributed by atoms with Crippen LogP contribution in [0.2, 0.25) is 0 Å². The topological polar surface area (TPSA) is 52.7 Å². The van der Waals surface area contributed by atoms with Crippen LogP contribution in [0.5, 0.6) is 0 Å². The molecule has 1 aliphatic heterocycles. The lowest BCUT2D eigenvalue weighted by Crippen LogP contribution is -2.59. The van der Waals surface area contributed by atoms with E-state index in [0.29, 0.717) is 44.3 Å². The van der Waals surface area contributed by atoms with Crippen LogP contribution in [-0.2, 0) is 4.79 Å². The summed E-state index contributed by atoms with van der Waals surface area (Å²) in [5.74, 6) is -3.09.